The number of aromatic nitrogens is 2. The Morgan fingerprint density at radius 1 is 1.75 bits per heavy atom. The number of rotatable bonds is 6. The molecule has 0 aliphatic carbocycles. The molecule has 3 N–H and O–H groups in total. The van der Waals surface area contributed by atoms with Gasteiger partial charge in [0.15, 0.2) is 0 Å². The predicted molar refractivity (Wildman–Crippen MR) is 64.5 cm³/mol. The summed E-state index contributed by atoms with van der Waals surface area (Å²) in [7, 11) is 1.76. The van der Waals surface area contributed by atoms with E-state index in [-0.39, 0.29) is 5.56 Å². The lowest BCUT2D eigenvalue weighted by molar-refractivity contribution is 0.0696. The highest BCUT2D eigenvalue weighted by Gasteiger charge is 2.14. The first-order valence-electron chi connectivity index (χ1n) is 5.08. The van der Waals surface area contributed by atoms with E-state index in [1.165, 1.54) is 6.20 Å². The minimum atomic E-state index is -0.921. The molecule has 16 heavy (non-hydrogen) atoms. The summed E-state index contributed by atoms with van der Waals surface area (Å²) >= 11 is 1.69. The molecule has 1 aromatic rings. The summed E-state index contributed by atoms with van der Waals surface area (Å²) in [6.07, 6.45) is 1.39. The van der Waals surface area contributed by atoms with Gasteiger partial charge in [0, 0.05) is 12.8 Å². The topological polar surface area (TPSA) is 81.1 Å². The van der Waals surface area contributed by atoms with Crippen LogP contribution in [0, 0.1) is 5.92 Å². The van der Waals surface area contributed by atoms with Crippen molar-refractivity contribution >= 4 is 17.7 Å². The van der Waals surface area contributed by atoms with Crippen molar-refractivity contribution in [3.8, 4) is 0 Å². The Labute approximate surface area is 99.0 Å². The van der Waals surface area contributed by atoms with Gasteiger partial charge in [-0.3, -0.25) is 4.68 Å². The first-order valence-corrected chi connectivity index (χ1v) is 6.23. The quantitative estimate of drug-likeness (QED) is 0.777. The van der Waals surface area contributed by atoms with Crippen LogP contribution >= 0.6 is 11.8 Å². The third-order valence-corrected chi connectivity index (χ3v) is 3.62. The minimum Gasteiger partial charge on any atom is -0.478 e. The number of thioether (sulfide) groups is 1. The molecule has 1 heterocycles. The minimum absolute atomic E-state index is 0.287. The van der Waals surface area contributed by atoms with E-state index >= 15 is 0 Å². The molecule has 0 amide bonds. The van der Waals surface area contributed by atoms with Crippen LogP contribution in [0.25, 0.3) is 0 Å². The third-order valence-electron chi connectivity index (χ3n) is 2.34. The van der Waals surface area contributed by atoms with E-state index in [9.17, 15) is 4.79 Å². The summed E-state index contributed by atoms with van der Waals surface area (Å²) in [4.78, 5) is 10.9. The molecule has 0 aromatic carbocycles. The standard InChI is InChI=1S/C10H17N3O2S/c1-7(3-11)5-16-6-9-8(10(14)15)4-12-13(9)2/h4,7H,3,5-6,11H2,1-2H3,(H,14,15). The Balaban J connectivity index is 2.59. The average molecular weight is 243 g/mol. The van der Waals surface area contributed by atoms with Crippen LogP contribution in [-0.4, -0.2) is 33.2 Å². The van der Waals surface area contributed by atoms with Crippen LogP contribution in [0.2, 0.25) is 0 Å². The van der Waals surface area contributed by atoms with Gasteiger partial charge in [-0.1, -0.05) is 6.92 Å². The van der Waals surface area contributed by atoms with Crippen LogP contribution in [0.1, 0.15) is 23.0 Å². The number of aryl methyl sites for hydroxylation is 1. The second kappa shape index (κ2) is 5.91. The van der Waals surface area contributed by atoms with Crippen molar-refractivity contribution in [1.82, 2.24) is 9.78 Å². The van der Waals surface area contributed by atoms with Gasteiger partial charge in [0.1, 0.15) is 5.56 Å². The molecule has 1 unspecified atom stereocenters. The summed E-state index contributed by atoms with van der Waals surface area (Å²) in [6.45, 7) is 2.73. The number of nitrogens with two attached hydrogens (primary N) is 1. The Hall–Kier alpha value is -1.01. The number of nitrogens with zero attached hydrogens (tertiary/aromatic N) is 2. The largest absolute Gasteiger partial charge is 0.478 e. The lowest BCUT2D eigenvalue weighted by Gasteiger charge is -2.08. The summed E-state index contributed by atoms with van der Waals surface area (Å²) in [6, 6.07) is 0. The molecule has 0 aliphatic rings. The number of aromatic carboxylic acids is 1. The molecule has 0 radical (unpaired) electrons. The summed E-state index contributed by atoms with van der Waals surface area (Å²) in [5.41, 5.74) is 6.55. The maximum absolute atomic E-state index is 10.9. The number of hydrogen-bond acceptors (Lipinski definition) is 4. The Bertz CT molecular complexity index is 365. The van der Waals surface area contributed by atoms with Crippen LogP contribution in [-0.2, 0) is 12.8 Å². The van der Waals surface area contributed by atoms with Gasteiger partial charge in [-0.25, -0.2) is 4.79 Å². The zero-order chi connectivity index (χ0) is 12.1. The van der Waals surface area contributed by atoms with Crippen molar-refractivity contribution in [1.29, 1.82) is 0 Å². The highest BCUT2D eigenvalue weighted by atomic mass is 32.2. The molecule has 1 rings (SSSR count). The molecule has 5 nitrogen and oxygen atoms in total. The highest BCUT2D eigenvalue weighted by molar-refractivity contribution is 7.98. The van der Waals surface area contributed by atoms with E-state index < -0.39 is 5.97 Å². The molecule has 1 atom stereocenters. The van der Waals surface area contributed by atoms with Crippen LogP contribution in [0.4, 0.5) is 0 Å². The smallest absolute Gasteiger partial charge is 0.339 e. The van der Waals surface area contributed by atoms with Crippen LogP contribution in [0.15, 0.2) is 6.20 Å². The molecule has 0 bridgehead atoms. The van der Waals surface area contributed by atoms with Crippen molar-refractivity contribution in [3.63, 3.8) is 0 Å². The van der Waals surface area contributed by atoms with Gasteiger partial charge < -0.3 is 10.8 Å². The Morgan fingerprint density at radius 3 is 3.00 bits per heavy atom. The number of hydrogen-bond donors (Lipinski definition) is 2. The maximum atomic E-state index is 10.9. The fourth-order valence-electron chi connectivity index (χ4n) is 1.24. The number of carboxylic acid groups (broad SMARTS) is 1. The van der Waals surface area contributed by atoms with Crippen molar-refractivity contribution in [2.24, 2.45) is 18.7 Å². The van der Waals surface area contributed by atoms with Crippen molar-refractivity contribution in [3.05, 3.63) is 17.5 Å². The molecule has 0 saturated heterocycles. The molecule has 0 spiro atoms. The van der Waals surface area contributed by atoms with Gasteiger partial charge in [0.2, 0.25) is 0 Å². The van der Waals surface area contributed by atoms with Gasteiger partial charge in [-0.05, 0) is 18.2 Å². The first kappa shape index (κ1) is 13.1. The van der Waals surface area contributed by atoms with Crippen molar-refractivity contribution in [2.75, 3.05) is 12.3 Å². The van der Waals surface area contributed by atoms with E-state index in [2.05, 4.69) is 12.0 Å². The van der Waals surface area contributed by atoms with Crippen LogP contribution in [0.3, 0.4) is 0 Å². The number of carboxylic acids is 1. The van der Waals surface area contributed by atoms with Gasteiger partial charge in [-0.2, -0.15) is 16.9 Å². The molecule has 0 aliphatic heterocycles. The van der Waals surface area contributed by atoms with E-state index in [1.54, 1.807) is 23.5 Å². The van der Waals surface area contributed by atoms with Gasteiger partial charge >= 0.3 is 5.97 Å². The number of carbonyl (C=O) groups is 1. The monoisotopic (exact) mass is 243 g/mol. The predicted octanol–water partition coefficient (Wildman–Crippen LogP) is 0.946. The second-order valence-corrected chi connectivity index (χ2v) is 4.82. The summed E-state index contributed by atoms with van der Waals surface area (Å²) in [5.74, 6) is 1.12. The lowest BCUT2D eigenvalue weighted by atomic mass is 10.2. The fraction of sp³-hybridized carbons (Fsp3) is 0.600. The van der Waals surface area contributed by atoms with E-state index in [0.717, 1.165) is 11.4 Å². The molecular formula is C10H17N3O2S. The molecule has 6 heteroatoms. The Morgan fingerprint density at radius 2 is 2.44 bits per heavy atom. The lowest BCUT2D eigenvalue weighted by Crippen LogP contribution is -2.13. The van der Waals surface area contributed by atoms with E-state index in [0.29, 0.717) is 18.2 Å². The van der Waals surface area contributed by atoms with E-state index in [4.69, 9.17) is 10.8 Å². The van der Waals surface area contributed by atoms with Crippen LogP contribution < -0.4 is 5.73 Å². The van der Waals surface area contributed by atoms with Crippen molar-refractivity contribution < 1.29 is 9.90 Å². The Kier molecular flexibility index (Phi) is 4.82. The van der Waals surface area contributed by atoms with Crippen LogP contribution in [0.5, 0.6) is 0 Å². The average Bonchev–Trinajstić information content (AvgIpc) is 2.60. The molecule has 90 valence electrons. The molecule has 1 aromatic heterocycles. The molecule has 0 fully saturated rings. The summed E-state index contributed by atoms with van der Waals surface area (Å²) < 4.78 is 1.61. The normalized spacial score (nSPS) is 12.7. The third kappa shape index (κ3) is 3.24. The fourth-order valence-corrected chi connectivity index (χ4v) is 2.43. The summed E-state index contributed by atoms with van der Waals surface area (Å²) in [5, 5.41) is 12.9. The molecular weight excluding hydrogens is 226 g/mol. The highest BCUT2D eigenvalue weighted by Crippen LogP contribution is 2.18. The second-order valence-electron chi connectivity index (χ2n) is 3.79. The van der Waals surface area contributed by atoms with Crippen molar-refractivity contribution in [2.45, 2.75) is 12.7 Å². The maximum Gasteiger partial charge on any atom is 0.339 e. The van der Waals surface area contributed by atoms with Gasteiger partial charge in [-0.15, -0.1) is 0 Å². The van der Waals surface area contributed by atoms with E-state index in [1.807, 2.05) is 0 Å². The van der Waals surface area contributed by atoms with Gasteiger partial charge in [0.05, 0.1) is 11.9 Å². The first-order chi connectivity index (χ1) is 7.56. The molecule has 0 saturated carbocycles. The zero-order valence-corrected chi connectivity index (χ0v) is 10.3. The zero-order valence-electron chi connectivity index (χ0n) is 9.51. The SMILES string of the molecule is CC(CN)CSCc1c(C(=O)O)cnn1C. The van der Waals surface area contributed by atoms with Gasteiger partial charge in [0.25, 0.3) is 0 Å².